The van der Waals surface area contributed by atoms with E-state index in [0.29, 0.717) is 6.10 Å². The lowest BCUT2D eigenvalue weighted by Crippen LogP contribution is -2.33. The number of aliphatic carboxylic acids is 1. The van der Waals surface area contributed by atoms with Crippen LogP contribution in [0.4, 0.5) is 0 Å². The van der Waals surface area contributed by atoms with Gasteiger partial charge in [0.1, 0.15) is 0 Å². The van der Waals surface area contributed by atoms with Crippen LogP contribution in [0.15, 0.2) is 0 Å². The molecule has 4 atom stereocenters. The second-order valence-corrected chi connectivity index (χ2v) is 6.10. The molecule has 16 heavy (non-hydrogen) atoms. The molecular weight excluding hydrogens is 204 g/mol. The number of hydrogen-bond acceptors (Lipinski definition) is 2. The first-order valence-corrected chi connectivity index (χ1v) is 6.48. The minimum Gasteiger partial charge on any atom is -0.481 e. The predicted molar refractivity (Wildman–Crippen MR) is 59.1 cm³/mol. The lowest BCUT2D eigenvalue weighted by atomic mass is 9.77. The number of carboxylic acid groups (broad SMARTS) is 1. The van der Waals surface area contributed by atoms with Gasteiger partial charge in [0.05, 0.1) is 17.6 Å². The lowest BCUT2D eigenvalue weighted by molar-refractivity contribution is -0.152. The van der Waals surface area contributed by atoms with Crippen LogP contribution < -0.4 is 0 Å². The van der Waals surface area contributed by atoms with Gasteiger partial charge in [-0.15, -0.1) is 0 Å². The number of rotatable bonds is 3. The molecule has 3 aliphatic rings. The fraction of sp³-hybridized carbons (Fsp3) is 0.923. The number of hydrogen-bond donors (Lipinski definition) is 1. The number of carbonyl (C=O) groups is 1. The van der Waals surface area contributed by atoms with E-state index >= 15 is 0 Å². The van der Waals surface area contributed by atoms with Crippen molar-refractivity contribution in [1.29, 1.82) is 0 Å². The van der Waals surface area contributed by atoms with E-state index in [2.05, 4.69) is 6.92 Å². The van der Waals surface area contributed by atoms with E-state index < -0.39 is 11.4 Å². The highest BCUT2D eigenvalue weighted by molar-refractivity contribution is 5.75. The molecule has 1 heterocycles. The van der Waals surface area contributed by atoms with Crippen molar-refractivity contribution in [2.75, 3.05) is 0 Å². The van der Waals surface area contributed by atoms with Crippen molar-refractivity contribution in [2.24, 2.45) is 17.3 Å². The van der Waals surface area contributed by atoms with Gasteiger partial charge in [0.25, 0.3) is 0 Å². The second-order valence-electron chi connectivity index (χ2n) is 6.10. The Balaban J connectivity index is 1.68. The average molecular weight is 224 g/mol. The van der Waals surface area contributed by atoms with E-state index in [9.17, 15) is 9.90 Å². The van der Waals surface area contributed by atoms with Crippen LogP contribution in [-0.2, 0) is 9.53 Å². The van der Waals surface area contributed by atoms with E-state index in [1.165, 1.54) is 6.42 Å². The van der Waals surface area contributed by atoms with Crippen LogP contribution in [0, 0.1) is 17.3 Å². The van der Waals surface area contributed by atoms with Gasteiger partial charge < -0.3 is 9.84 Å². The Morgan fingerprint density at radius 1 is 1.38 bits per heavy atom. The third kappa shape index (κ3) is 1.65. The van der Waals surface area contributed by atoms with Crippen LogP contribution in [0.3, 0.4) is 0 Å². The minimum atomic E-state index is -0.581. The maximum absolute atomic E-state index is 11.5. The van der Waals surface area contributed by atoms with Gasteiger partial charge >= 0.3 is 5.97 Å². The van der Waals surface area contributed by atoms with Crippen molar-refractivity contribution in [2.45, 2.75) is 57.7 Å². The first kappa shape index (κ1) is 10.6. The van der Waals surface area contributed by atoms with Crippen LogP contribution in [-0.4, -0.2) is 23.3 Å². The first-order chi connectivity index (χ1) is 7.59. The van der Waals surface area contributed by atoms with Gasteiger partial charge in [-0.25, -0.2) is 0 Å². The Kier molecular flexibility index (Phi) is 2.29. The van der Waals surface area contributed by atoms with Gasteiger partial charge in [-0.3, -0.25) is 4.79 Å². The normalized spacial score (nSPS) is 50.3. The van der Waals surface area contributed by atoms with Crippen LogP contribution in [0.5, 0.6) is 0 Å². The molecule has 1 N–H and O–H groups in total. The molecule has 2 saturated carbocycles. The summed E-state index contributed by atoms with van der Waals surface area (Å²) < 4.78 is 5.79. The molecule has 1 aliphatic heterocycles. The topological polar surface area (TPSA) is 46.5 Å². The average Bonchev–Trinajstić information content (AvgIpc) is 2.65. The molecule has 0 bridgehead atoms. The molecule has 0 spiro atoms. The summed E-state index contributed by atoms with van der Waals surface area (Å²) in [5.41, 5.74) is -0.442. The predicted octanol–water partition coefficient (Wildman–Crippen LogP) is 2.44. The van der Waals surface area contributed by atoms with E-state index in [-0.39, 0.29) is 6.10 Å². The van der Waals surface area contributed by atoms with Crippen molar-refractivity contribution >= 4 is 5.97 Å². The van der Waals surface area contributed by atoms with E-state index in [1.807, 2.05) is 0 Å². The Hall–Kier alpha value is -0.570. The minimum absolute atomic E-state index is 0.198. The van der Waals surface area contributed by atoms with Crippen LogP contribution in [0.1, 0.15) is 45.4 Å². The fourth-order valence-corrected chi connectivity index (χ4v) is 3.80. The van der Waals surface area contributed by atoms with E-state index in [1.54, 1.807) is 0 Å². The fourth-order valence-electron chi connectivity index (χ4n) is 3.80. The Bertz CT molecular complexity index is 302. The van der Waals surface area contributed by atoms with Gasteiger partial charge in [-0.05, 0) is 57.3 Å². The molecule has 3 fully saturated rings. The zero-order valence-electron chi connectivity index (χ0n) is 9.82. The summed E-state index contributed by atoms with van der Waals surface area (Å²) in [6.45, 7) is 2.08. The molecule has 2 aliphatic carbocycles. The molecule has 0 amide bonds. The van der Waals surface area contributed by atoms with E-state index in [0.717, 1.165) is 43.9 Å². The lowest BCUT2D eigenvalue weighted by Gasteiger charge is -2.28. The maximum Gasteiger partial charge on any atom is 0.309 e. The Morgan fingerprint density at radius 2 is 2.06 bits per heavy atom. The van der Waals surface area contributed by atoms with Crippen LogP contribution in [0.2, 0.25) is 0 Å². The van der Waals surface area contributed by atoms with Gasteiger partial charge in [0, 0.05) is 0 Å². The van der Waals surface area contributed by atoms with Crippen molar-refractivity contribution in [3.8, 4) is 0 Å². The molecule has 3 nitrogen and oxygen atoms in total. The highest BCUT2D eigenvalue weighted by Gasteiger charge is 2.58. The van der Waals surface area contributed by atoms with Crippen molar-refractivity contribution in [1.82, 2.24) is 0 Å². The quantitative estimate of drug-likeness (QED) is 0.801. The third-order valence-corrected chi connectivity index (χ3v) is 4.77. The summed E-state index contributed by atoms with van der Waals surface area (Å²) in [6.07, 6.45) is 6.49. The summed E-state index contributed by atoms with van der Waals surface area (Å²) in [7, 11) is 0. The van der Waals surface area contributed by atoms with Crippen LogP contribution in [0.25, 0.3) is 0 Å². The Labute approximate surface area is 96.2 Å². The SMILES string of the molecule is CC1CCC(CC2(C(=O)O)CC3CC3C2)O1. The monoisotopic (exact) mass is 224 g/mol. The second kappa shape index (κ2) is 3.46. The van der Waals surface area contributed by atoms with E-state index in [4.69, 9.17) is 4.74 Å². The summed E-state index contributed by atoms with van der Waals surface area (Å²) in [5.74, 6) is 0.854. The molecule has 0 radical (unpaired) electrons. The highest BCUT2D eigenvalue weighted by atomic mass is 16.5. The Morgan fingerprint density at radius 3 is 2.56 bits per heavy atom. The number of carboxylic acids is 1. The molecule has 0 aromatic heterocycles. The standard InChI is InChI=1S/C13H20O3/c1-8-2-3-11(16-8)7-13(12(14)15)5-9-4-10(9)6-13/h8-11H,2-7H2,1H3,(H,14,15). The van der Waals surface area contributed by atoms with Gasteiger partial charge in [-0.1, -0.05) is 0 Å². The van der Waals surface area contributed by atoms with Gasteiger partial charge in [0.2, 0.25) is 0 Å². The summed E-state index contributed by atoms with van der Waals surface area (Å²) >= 11 is 0. The molecule has 4 unspecified atom stereocenters. The maximum atomic E-state index is 11.5. The molecular formula is C13H20O3. The van der Waals surface area contributed by atoms with Crippen molar-refractivity contribution < 1.29 is 14.6 Å². The first-order valence-electron chi connectivity index (χ1n) is 6.48. The summed E-state index contributed by atoms with van der Waals surface area (Å²) in [4.78, 5) is 11.5. The zero-order valence-corrected chi connectivity index (χ0v) is 9.82. The molecule has 1 saturated heterocycles. The molecule has 0 aromatic rings. The third-order valence-electron chi connectivity index (χ3n) is 4.77. The van der Waals surface area contributed by atoms with Crippen LogP contribution >= 0.6 is 0 Å². The summed E-state index contributed by atoms with van der Waals surface area (Å²) in [5, 5.41) is 9.47. The molecule has 90 valence electrons. The number of ether oxygens (including phenoxy) is 1. The van der Waals surface area contributed by atoms with Gasteiger partial charge in [0.15, 0.2) is 0 Å². The molecule has 3 rings (SSSR count). The molecule has 0 aromatic carbocycles. The van der Waals surface area contributed by atoms with Crippen molar-refractivity contribution in [3.05, 3.63) is 0 Å². The largest absolute Gasteiger partial charge is 0.481 e. The summed E-state index contributed by atoms with van der Waals surface area (Å²) in [6, 6.07) is 0. The number of fused-ring (bicyclic) bond motifs is 1. The zero-order chi connectivity index (χ0) is 11.3. The van der Waals surface area contributed by atoms with Gasteiger partial charge in [-0.2, -0.15) is 0 Å². The smallest absolute Gasteiger partial charge is 0.309 e. The molecule has 3 heteroatoms. The van der Waals surface area contributed by atoms with Crippen molar-refractivity contribution in [3.63, 3.8) is 0 Å². The highest BCUT2D eigenvalue weighted by Crippen LogP contribution is 2.61.